The van der Waals surface area contributed by atoms with Crippen molar-refractivity contribution < 1.29 is 9.21 Å². The van der Waals surface area contributed by atoms with Gasteiger partial charge in [-0.25, -0.2) is 0 Å². The van der Waals surface area contributed by atoms with E-state index in [1.54, 1.807) is 30.5 Å². The third-order valence-electron chi connectivity index (χ3n) is 2.37. The molecule has 1 aromatic carbocycles. The van der Waals surface area contributed by atoms with Crippen molar-refractivity contribution in [2.45, 2.75) is 13.5 Å². The molecule has 0 saturated heterocycles. The molecule has 0 radical (unpaired) electrons. The van der Waals surface area contributed by atoms with Crippen LogP contribution < -0.4 is 5.32 Å². The Morgan fingerprint density at radius 2 is 2.24 bits per heavy atom. The Morgan fingerprint density at radius 3 is 2.88 bits per heavy atom. The van der Waals surface area contributed by atoms with E-state index in [-0.39, 0.29) is 5.91 Å². The van der Waals surface area contributed by atoms with Crippen molar-refractivity contribution in [1.29, 1.82) is 0 Å². The van der Waals surface area contributed by atoms with Crippen LogP contribution in [-0.2, 0) is 6.54 Å². The minimum absolute atomic E-state index is 0.202. The van der Waals surface area contributed by atoms with Crippen molar-refractivity contribution in [1.82, 2.24) is 5.32 Å². The highest BCUT2D eigenvalue weighted by Crippen LogP contribution is 2.17. The van der Waals surface area contributed by atoms with Gasteiger partial charge in [-0.15, -0.1) is 0 Å². The molecule has 3 nitrogen and oxygen atoms in total. The SMILES string of the molecule is Cc1ccc(C(=O)NCc2ccco2)c(Cl)c1. The topological polar surface area (TPSA) is 42.2 Å². The van der Waals surface area contributed by atoms with Crippen LogP contribution in [-0.4, -0.2) is 5.91 Å². The summed E-state index contributed by atoms with van der Waals surface area (Å²) in [7, 11) is 0. The number of amides is 1. The Kier molecular flexibility index (Phi) is 3.49. The summed E-state index contributed by atoms with van der Waals surface area (Å²) in [6, 6.07) is 8.92. The van der Waals surface area contributed by atoms with Crippen LogP contribution in [0.2, 0.25) is 5.02 Å². The summed E-state index contributed by atoms with van der Waals surface area (Å²) in [5.41, 5.74) is 1.50. The van der Waals surface area contributed by atoms with E-state index in [0.29, 0.717) is 22.9 Å². The molecular weight excluding hydrogens is 238 g/mol. The standard InChI is InChI=1S/C13H12ClNO2/c1-9-4-5-11(12(14)7-9)13(16)15-8-10-3-2-6-17-10/h2-7H,8H2,1H3,(H,15,16). The first-order valence-corrected chi connectivity index (χ1v) is 5.61. The van der Waals surface area contributed by atoms with Gasteiger partial charge >= 0.3 is 0 Å². The highest BCUT2D eigenvalue weighted by atomic mass is 35.5. The van der Waals surface area contributed by atoms with Crippen LogP contribution in [0.15, 0.2) is 41.0 Å². The molecule has 1 amide bonds. The predicted molar refractivity (Wildman–Crippen MR) is 66.1 cm³/mol. The van der Waals surface area contributed by atoms with Crippen molar-refractivity contribution >= 4 is 17.5 Å². The average Bonchev–Trinajstić information content (AvgIpc) is 2.78. The lowest BCUT2D eigenvalue weighted by molar-refractivity contribution is 0.0948. The third-order valence-corrected chi connectivity index (χ3v) is 2.69. The van der Waals surface area contributed by atoms with E-state index in [1.165, 1.54) is 0 Å². The van der Waals surface area contributed by atoms with Crippen LogP contribution in [0.4, 0.5) is 0 Å². The van der Waals surface area contributed by atoms with Gasteiger partial charge in [-0.2, -0.15) is 0 Å². The minimum atomic E-state index is -0.202. The number of hydrogen-bond donors (Lipinski definition) is 1. The van der Waals surface area contributed by atoms with Crippen LogP contribution in [0.3, 0.4) is 0 Å². The lowest BCUT2D eigenvalue weighted by Gasteiger charge is -2.05. The third kappa shape index (κ3) is 2.88. The van der Waals surface area contributed by atoms with E-state index in [2.05, 4.69) is 5.32 Å². The summed E-state index contributed by atoms with van der Waals surface area (Å²) in [5, 5.41) is 3.20. The maximum Gasteiger partial charge on any atom is 0.253 e. The number of benzene rings is 1. The first-order valence-electron chi connectivity index (χ1n) is 5.23. The number of nitrogens with one attached hydrogen (secondary N) is 1. The van der Waals surface area contributed by atoms with Gasteiger partial charge in [-0.05, 0) is 36.8 Å². The van der Waals surface area contributed by atoms with E-state index in [4.69, 9.17) is 16.0 Å². The summed E-state index contributed by atoms with van der Waals surface area (Å²) < 4.78 is 5.12. The molecule has 2 aromatic rings. The number of aryl methyl sites for hydroxylation is 1. The summed E-state index contributed by atoms with van der Waals surface area (Å²) in [6.45, 7) is 2.28. The number of carbonyl (C=O) groups is 1. The predicted octanol–water partition coefficient (Wildman–Crippen LogP) is 3.17. The first kappa shape index (κ1) is 11.7. The van der Waals surface area contributed by atoms with Gasteiger partial charge in [0.05, 0.1) is 23.4 Å². The molecule has 88 valence electrons. The maximum atomic E-state index is 11.8. The molecule has 1 N–H and O–H groups in total. The number of halogens is 1. The van der Waals surface area contributed by atoms with Gasteiger partial charge in [0.1, 0.15) is 5.76 Å². The van der Waals surface area contributed by atoms with Crippen molar-refractivity contribution in [2.24, 2.45) is 0 Å². The van der Waals surface area contributed by atoms with Gasteiger partial charge < -0.3 is 9.73 Å². The molecule has 0 spiro atoms. The molecule has 0 aliphatic heterocycles. The maximum absolute atomic E-state index is 11.8. The molecular formula is C13H12ClNO2. The van der Waals surface area contributed by atoms with Crippen LogP contribution in [0.5, 0.6) is 0 Å². The van der Waals surface area contributed by atoms with Gasteiger partial charge in [-0.1, -0.05) is 17.7 Å². The van der Waals surface area contributed by atoms with E-state index in [9.17, 15) is 4.79 Å². The van der Waals surface area contributed by atoms with Gasteiger partial charge in [0.15, 0.2) is 0 Å². The largest absolute Gasteiger partial charge is 0.467 e. The Balaban J connectivity index is 2.04. The first-order chi connectivity index (χ1) is 8.16. The Labute approximate surface area is 104 Å². The van der Waals surface area contributed by atoms with Gasteiger partial charge in [-0.3, -0.25) is 4.79 Å². The summed E-state index contributed by atoms with van der Waals surface area (Å²) in [5.74, 6) is 0.507. The summed E-state index contributed by atoms with van der Waals surface area (Å²) >= 11 is 6.00. The molecule has 1 heterocycles. The van der Waals surface area contributed by atoms with Gasteiger partial charge in [0.2, 0.25) is 0 Å². The second kappa shape index (κ2) is 5.06. The fourth-order valence-electron chi connectivity index (χ4n) is 1.48. The van der Waals surface area contributed by atoms with E-state index < -0.39 is 0 Å². The molecule has 17 heavy (non-hydrogen) atoms. The molecule has 0 atom stereocenters. The Hall–Kier alpha value is -1.74. The average molecular weight is 250 g/mol. The Bertz CT molecular complexity index is 520. The molecule has 0 unspecified atom stereocenters. The summed E-state index contributed by atoms with van der Waals surface area (Å²) in [6.07, 6.45) is 1.57. The monoisotopic (exact) mass is 249 g/mol. The van der Waals surface area contributed by atoms with Crippen LogP contribution in [0, 0.1) is 6.92 Å². The molecule has 0 bridgehead atoms. The number of carbonyl (C=O) groups excluding carboxylic acids is 1. The van der Waals surface area contributed by atoms with Crippen molar-refractivity contribution in [2.75, 3.05) is 0 Å². The highest BCUT2D eigenvalue weighted by Gasteiger charge is 2.10. The molecule has 4 heteroatoms. The zero-order valence-electron chi connectivity index (χ0n) is 9.37. The molecule has 2 rings (SSSR count). The van der Waals surface area contributed by atoms with Gasteiger partial charge in [0.25, 0.3) is 5.91 Å². The van der Waals surface area contributed by atoms with Crippen LogP contribution in [0.1, 0.15) is 21.7 Å². The van der Waals surface area contributed by atoms with E-state index in [0.717, 1.165) is 5.56 Å². The second-order valence-electron chi connectivity index (χ2n) is 3.75. The second-order valence-corrected chi connectivity index (χ2v) is 4.15. The Morgan fingerprint density at radius 1 is 1.41 bits per heavy atom. The highest BCUT2D eigenvalue weighted by molar-refractivity contribution is 6.33. The van der Waals surface area contributed by atoms with Crippen molar-refractivity contribution in [3.8, 4) is 0 Å². The molecule has 0 fully saturated rings. The molecule has 0 aliphatic carbocycles. The lowest BCUT2D eigenvalue weighted by atomic mass is 10.1. The quantitative estimate of drug-likeness (QED) is 0.908. The minimum Gasteiger partial charge on any atom is -0.467 e. The zero-order valence-corrected chi connectivity index (χ0v) is 10.1. The molecule has 0 saturated carbocycles. The van der Waals surface area contributed by atoms with Crippen molar-refractivity contribution in [3.05, 3.63) is 58.5 Å². The van der Waals surface area contributed by atoms with Gasteiger partial charge in [0, 0.05) is 0 Å². The fraction of sp³-hybridized carbons (Fsp3) is 0.154. The van der Waals surface area contributed by atoms with E-state index >= 15 is 0 Å². The molecule has 1 aromatic heterocycles. The zero-order chi connectivity index (χ0) is 12.3. The number of hydrogen-bond acceptors (Lipinski definition) is 2. The number of furan rings is 1. The number of rotatable bonds is 3. The van der Waals surface area contributed by atoms with E-state index in [1.807, 2.05) is 13.0 Å². The molecule has 0 aliphatic rings. The van der Waals surface area contributed by atoms with Crippen molar-refractivity contribution in [3.63, 3.8) is 0 Å². The fourth-order valence-corrected chi connectivity index (χ4v) is 1.80. The van der Waals surface area contributed by atoms with Crippen LogP contribution in [0.25, 0.3) is 0 Å². The summed E-state index contributed by atoms with van der Waals surface area (Å²) in [4.78, 5) is 11.8. The smallest absolute Gasteiger partial charge is 0.253 e. The normalized spacial score (nSPS) is 10.2. The van der Waals surface area contributed by atoms with Crippen LogP contribution >= 0.6 is 11.6 Å². The lowest BCUT2D eigenvalue weighted by Crippen LogP contribution is -2.22.